The van der Waals surface area contributed by atoms with E-state index < -0.39 is 17.5 Å². The average Bonchev–Trinajstić information content (AvgIpc) is 2.41. The highest BCUT2D eigenvalue weighted by molar-refractivity contribution is 5.94. The van der Waals surface area contributed by atoms with Crippen LogP contribution in [0.1, 0.15) is 15.9 Å². The zero-order valence-corrected chi connectivity index (χ0v) is 9.81. The third-order valence-corrected chi connectivity index (χ3v) is 2.36. The van der Waals surface area contributed by atoms with Gasteiger partial charge in [0.05, 0.1) is 6.21 Å². The molecule has 0 spiro atoms. The number of hydrogen-bond acceptors (Lipinski definition) is 2. The lowest BCUT2D eigenvalue weighted by Gasteiger charge is -2.00. The summed E-state index contributed by atoms with van der Waals surface area (Å²) < 4.78 is 26.1. The zero-order chi connectivity index (χ0) is 13.7. The average molecular weight is 260 g/mol. The van der Waals surface area contributed by atoms with Gasteiger partial charge in [0, 0.05) is 11.1 Å². The number of nitrogens with one attached hydrogen (secondary N) is 1. The Morgan fingerprint density at radius 3 is 2.63 bits per heavy atom. The van der Waals surface area contributed by atoms with Crippen LogP contribution in [-0.4, -0.2) is 12.1 Å². The van der Waals surface area contributed by atoms with Crippen LogP contribution in [0.15, 0.2) is 53.6 Å². The van der Waals surface area contributed by atoms with Gasteiger partial charge in [0.25, 0.3) is 5.91 Å². The van der Waals surface area contributed by atoms with Crippen LogP contribution in [0.4, 0.5) is 8.78 Å². The SMILES string of the molecule is O=C(N/N=C/c1ccccc1F)c1cccc(F)c1. The molecule has 1 N–H and O–H groups in total. The second-order valence-electron chi connectivity index (χ2n) is 3.73. The predicted octanol–water partition coefficient (Wildman–Crippen LogP) is 2.73. The first-order valence-electron chi connectivity index (χ1n) is 5.50. The lowest BCUT2D eigenvalue weighted by molar-refractivity contribution is 0.0954. The Morgan fingerprint density at radius 1 is 1.11 bits per heavy atom. The molecule has 2 aromatic carbocycles. The Balaban J connectivity index is 2.03. The Hall–Kier alpha value is -2.56. The molecule has 0 radical (unpaired) electrons. The van der Waals surface area contributed by atoms with Gasteiger partial charge >= 0.3 is 0 Å². The number of nitrogens with zero attached hydrogens (tertiary/aromatic N) is 1. The number of hydrogen-bond donors (Lipinski definition) is 1. The van der Waals surface area contributed by atoms with E-state index in [9.17, 15) is 13.6 Å². The molecular formula is C14H10F2N2O. The van der Waals surface area contributed by atoms with E-state index >= 15 is 0 Å². The standard InChI is InChI=1S/C14H10F2N2O/c15-12-6-3-5-10(8-12)14(19)18-17-9-11-4-1-2-7-13(11)16/h1-9H,(H,18,19)/b17-9+. The van der Waals surface area contributed by atoms with E-state index in [1.807, 2.05) is 0 Å². The normalized spacial score (nSPS) is 10.6. The van der Waals surface area contributed by atoms with E-state index in [0.29, 0.717) is 0 Å². The Bertz CT molecular complexity index is 626. The maximum absolute atomic E-state index is 13.2. The largest absolute Gasteiger partial charge is 0.271 e. The first kappa shape index (κ1) is 12.9. The lowest BCUT2D eigenvalue weighted by Crippen LogP contribution is -2.17. The van der Waals surface area contributed by atoms with Gasteiger partial charge in [-0.15, -0.1) is 0 Å². The van der Waals surface area contributed by atoms with Crippen molar-refractivity contribution in [3.8, 4) is 0 Å². The van der Waals surface area contributed by atoms with Crippen LogP contribution in [0, 0.1) is 11.6 Å². The minimum absolute atomic E-state index is 0.144. The summed E-state index contributed by atoms with van der Waals surface area (Å²) in [5.41, 5.74) is 2.60. The van der Waals surface area contributed by atoms with E-state index in [1.165, 1.54) is 36.5 Å². The van der Waals surface area contributed by atoms with Gasteiger partial charge < -0.3 is 0 Å². The van der Waals surface area contributed by atoms with Crippen molar-refractivity contribution in [2.45, 2.75) is 0 Å². The summed E-state index contributed by atoms with van der Waals surface area (Å²) in [7, 11) is 0. The molecular weight excluding hydrogens is 250 g/mol. The van der Waals surface area contributed by atoms with Gasteiger partial charge in [0.15, 0.2) is 0 Å². The van der Waals surface area contributed by atoms with Crippen molar-refractivity contribution in [2.24, 2.45) is 5.10 Å². The fourth-order valence-corrected chi connectivity index (χ4v) is 1.43. The summed E-state index contributed by atoms with van der Waals surface area (Å²) in [6.07, 6.45) is 1.19. The predicted molar refractivity (Wildman–Crippen MR) is 67.9 cm³/mol. The molecule has 0 aliphatic rings. The molecule has 5 heteroatoms. The highest BCUT2D eigenvalue weighted by Crippen LogP contribution is 2.04. The van der Waals surface area contributed by atoms with Crippen LogP contribution >= 0.6 is 0 Å². The summed E-state index contributed by atoms with van der Waals surface area (Å²) in [6.45, 7) is 0. The maximum Gasteiger partial charge on any atom is 0.271 e. The van der Waals surface area contributed by atoms with E-state index in [4.69, 9.17) is 0 Å². The van der Waals surface area contributed by atoms with Gasteiger partial charge in [-0.25, -0.2) is 14.2 Å². The van der Waals surface area contributed by atoms with E-state index in [2.05, 4.69) is 10.5 Å². The van der Waals surface area contributed by atoms with Gasteiger partial charge in [-0.05, 0) is 24.3 Å². The molecule has 96 valence electrons. The molecule has 3 nitrogen and oxygen atoms in total. The van der Waals surface area contributed by atoms with Crippen molar-refractivity contribution in [1.82, 2.24) is 5.43 Å². The third kappa shape index (κ3) is 3.45. The van der Waals surface area contributed by atoms with Gasteiger partial charge in [-0.3, -0.25) is 4.79 Å². The number of hydrazone groups is 1. The Kier molecular flexibility index (Phi) is 3.97. The van der Waals surface area contributed by atoms with Crippen molar-refractivity contribution in [3.05, 3.63) is 71.3 Å². The molecule has 19 heavy (non-hydrogen) atoms. The first-order chi connectivity index (χ1) is 9.16. The van der Waals surface area contributed by atoms with Crippen LogP contribution in [-0.2, 0) is 0 Å². The van der Waals surface area contributed by atoms with E-state index in [-0.39, 0.29) is 11.1 Å². The monoisotopic (exact) mass is 260 g/mol. The fraction of sp³-hybridized carbons (Fsp3) is 0. The number of rotatable bonds is 3. The summed E-state index contributed by atoms with van der Waals surface area (Å²) >= 11 is 0. The fourth-order valence-electron chi connectivity index (χ4n) is 1.43. The number of amides is 1. The van der Waals surface area contributed by atoms with Crippen molar-refractivity contribution < 1.29 is 13.6 Å². The molecule has 0 atom stereocenters. The van der Waals surface area contributed by atoms with Crippen LogP contribution in [0.5, 0.6) is 0 Å². The minimum atomic E-state index is -0.563. The topological polar surface area (TPSA) is 41.5 Å². The van der Waals surface area contributed by atoms with Crippen molar-refractivity contribution in [2.75, 3.05) is 0 Å². The quantitative estimate of drug-likeness (QED) is 0.669. The highest BCUT2D eigenvalue weighted by atomic mass is 19.1. The van der Waals surface area contributed by atoms with Crippen LogP contribution in [0.2, 0.25) is 0 Å². The molecule has 0 aromatic heterocycles. The molecule has 0 saturated carbocycles. The molecule has 2 aromatic rings. The Morgan fingerprint density at radius 2 is 1.89 bits per heavy atom. The highest BCUT2D eigenvalue weighted by Gasteiger charge is 2.04. The lowest BCUT2D eigenvalue weighted by atomic mass is 10.2. The van der Waals surface area contributed by atoms with E-state index in [1.54, 1.807) is 12.1 Å². The number of halogens is 2. The molecule has 1 amide bonds. The van der Waals surface area contributed by atoms with Crippen molar-refractivity contribution in [3.63, 3.8) is 0 Å². The third-order valence-electron chi connectivity index (χ3n) is 2.36. The summed E-state index contributed by atoms with van der Waals surface area (Å²) in [6, 6.07) is 11.2. The van der Waals surface area contributed by atoms with Crippen LogP contribution in [0.3, 0.4) is 0 Å². The van der Waals surface area contributed by atoms with Gasteiger partial charge in [-0.1, -0.05) is 24.3 Å². The van der Waals surface area contributed by atoms with Gasteiger partial charge in [-0.2, -0.15) is 5.10 Å². The van der Waals surface area contributed by atoms with Gasteiger partial charge in [0.1, 0.15) is 11.6 Å². The summed E-state index contributed by atoms with van der Waals surface area (Å²) in [5, 5.41) is 3.62. The molecule has 0 aliphatic heterocycles. The van der Waals surface area contributed by atoms with Crippen molar-refractivity contribution >= 4 is 12.1 Å². The number of benzene rings is 2. The molecule has 0 fully saturated rings. The van der Waals surface area contributed by atoms with Crippen molar-refractivity contribution in [1.29, 1.82) is 0 Å². The minimum Gasteiger partial charge on any atom is -0.267 e. The first-order valence-corrected chi connectivity index (χ1v) is 5.50. The van der Waals surface area contributed by atoms with E-state index in [0.717, 1.165) is 6.07 Å². The zero-order valence-electron chi connectivity index (χ0n) is 9.81. The second kappa shape index (κ2) is 5.86. The smallest absolute Gasteiger partial charge is 0.267 e. The molecule has 0 saturated heterocycles. The molecule has 2 rings (SSSR count). The second-order valence-corrected chi connectivity index (χ2v) is 3.73. The number of carbonyl (C=O) groups excluding carboxylic acids is 1. The summed E-state index contributed by atoms with van der Waals surface area (Å²) in [5.74, 6) is -1.51. The molecule has 0 bridgehead atoms. The molecule has 0 heterocycles. The van der Waals surface area contributed by atoms with Crippen LogP contribution in [0.25, 0.3) is 0 Å². The van der Waals surface area contributed by atoms with Gasteiger partial charge in [0.2, 0.25) is 0 Å². The maximum atomic E-state index is 13.2. The summed E-state index contributed by atoms with van der Waals surface area (Å²) in [4.78, 5) is 11.6. The molecule has 0 unspecified atom stereocenters. The van der Waals surface area contributed by atoms with Crippen LogP contribution < -0.4 is 5.43 Å². The number of carbonyl (C=O) groups is 1. The molecule has 0 aliphatic carbocycles. The Labute approximate surface area is 108 Å².